The molecule has 0 aromatic heterocycles. The van der Waals surface area contributed by atoms with Crippen molar-refractivity contribution in [1.29, 1.82) is 0 Å². The zero-order chi connectivity index (χ0) is 13.1. The van der Waals surface area contributed by atoms with Gasteiger partial charge in [-0.15, -0.1) is 0 Å². The van der Waals surface area contributed by atoms with Gasteiger partial charge < -0.3 is 0 Å². The SMILES string of the molecule is C.O=Cc1cc(Cl)c(Cl)cc1Sc1ccc(Cl)cc1. The van der Waals surface area contributed by atoms with E-state index in [1.807, 2.05) is 12.1 Å². The molecule has 0 aliphatic heterocycles. The molecular weight excluding hydrogens is 323 g/mol. The van der Waals surface area contributed by atoms with Gasteiger partial charge in [0.05, 0.1) is 10.0 Å². The normalized spacial score (nSPS) is 9.84. The molecule has 0 fully saturated rings. The molecule has 2 rings (SSSR count). The predicted molar refractivity (Wildman–Crippen MR) is 84.2 cm³/mol. The Bertz CT molecular complexity index is 582. The lowest BCUT2D eigenvalue weighted by Crippen LogP contribution is -1.86. The van der Waals surface area contributed by atoms with Gasteiger partial charge in [-0.05, 0) is 36.4 Å². The summed E-state index contributed by atoms with van der Waals surface area (Å²) in [6.07, 6.45) is 0.764. The Balaban J connectivity index is 0.00000180. The Morgan fingerprint density at radius 3 is 2.11 bits per heavy atom. The number of rotatable bonds is 3. The van der Waals surface area contributed by atoms with Crippen molar-refractivity contribution in [2.75, 3.05) is 0 Å². The van der Waals surface area contributed by atoms with Crippen molar-refractivity contribution in [3.8, 4) is 0 Å². The molecule has 2 aromatic rings. The number of hydrogen-bond donors (Lipinski definition) is 0. The van der Waals surface area contributed by atoms with Gasteiger partial charge in [-0.1, -0.05) is 54.0 Å². The van der Waals surface area contributed by atoms with Crippen molar-refractivity contribution >= 4 is 52.9 Å². The van der Waals surface area contributed by atoms with E-state index < -0.39 is 0 Å². The highest BCUT2D eigenvalue weighted by molar-refractivity contribution is 7.99. The summed E-state index contributed by atoms with van der Waals surface area (Å²) in [4.78, 5) is 12.7. The molecule has 0 N–H and O–H groups in total. The van der Waals surface area contributed by atoms with Crippen LogP contribution in [-0.2, 0) is 0 Å². The van der Waals surface area contributed by atoms with E-state index in [2.05, 4.69) is 0 Å². The Morgan fingerprint density at radius 1 is 0.947 bits per heavy atom. The van der Waals surface area contributed by atoms with Gasteiger partial charge in [0.25, 0.3) is 0 Å². The highest BCUT2D eigenvalue weighted by Gasteiger charge is 2.08. The van der Waals surface area contributed by atoms with E-state index in [0.29, 0.717) is 20.6 Å². The maximum absolute atomic E-state index is 11.0. The van der Waals surface area contributed by atoms with Crippen LogP contribution in [0.5, 0.6) is 0 Å². The molecule has 0 unspecified atom stereocenters. The third-order valence-corrected chi connectivity index (χ3v) is 4.28. The van der Waals surface area contributed by atoms with Crippen LogP contribution in [0.2, 0.25) is 15.1 Å². The van der Waals surface area contributed by atoms with Crippen LogP contribution in [0.3, 0.4) is 0 Å². The largest absolute Gasteiger partial charge is 0.298 e. The summed E-state index contributed by atoms with van der Waals surface area (Å²) in [6, 6.07) is 10.6. The van der Waals surface area contributed by atoms with Gasteiger partial charge in [0, 0.05) is 20.4 Å². The average Bonchev–Trinajstić information content (AvgIpc) is 2.36. The van der Waals surface area contributed by atoms with E-state index in [1.54, 1.807) is 24.3 Å². The van der Waals surface area contributed by atoms with E-state index in [-0.39, 0.29) is 7.43 Å². The van der Waals surface area contributed by atoms with E-state index in [1.165, 1.54) is 11.8 Å². The van der Waals surface area contributed by atoms with Crippen molar-refractivity contribution in [3.63, 3.8) is 0 Å². The number of carbonyl (C=O) groups is 1. The monoisotopic (exact) mass is 332 g/mol. The summed E-state index contributed by atoms with van der Waals surface area (Å²) >= 11 is 19.1. The van der Waals surface area contributed by atoms with Crippen molar-refractivity contribution < 1.29 is 4.79 Å². The van der Waals surface area contributed by atoms with Crippen LogP contribution in [0, 0.1) is 0 Å². The zero-order valence-corrected chi connectivity index (χ0v) is 12.1. The lowest BCUT2D eigenvalue weighted by molar-refractivity contribution is 0.112. The summed E-state index contributed by atoms with van der Waals surface area (Å²) < 4.78 is 0. The highest BCUT2D eigenvalue weighted by Crippen LogP contribution is 2.35. The van der Waals surface area contributed by atoms with Crippen LogP contribution < -0.4 is 0 Å². The van der Waals surface area contributed by atoms with Crippen molar-refractivity contribution in [2.24, 2.45) is 0 Å². The molecule has 5 heteroatoms. The molecule has 0 aliphatic carbocycles. The molecule has 19 heavy (non-hydrogen) atoms. The summed E-state index contributed by atoms with van der Waals surface area (Å²) in [5.41, 5.74) is 0.518. The van der Waals surface area contributed by atoms with E-state index in [0.717, 1.165) is 16.1 Å². The Labute approximate surface area is 131 Å². The molecule has 2 aromatic carbocycles. The van der Waals surface area contributed by atoms with Gasteiger partial charge in [0.2, 0.25) is 0 Å². The number of aldehydes is 1. The third kappa shape index (κ3) is 4.15. The summed E-state index contributed by atoms with van der Waals surface area (Å²) in [5, 5.41) is 1.47. The quantitative estimate of drug-likeness (QED) is 0.618. The molecule has 0 radical (unpaired) electrons. The number of hydrogen-bond acceptors (Lipinski definition) is 2. The Morgan fingerprint density at radius 2 is 1.53 bits per heavy atom. The summed E-state index contributed by atoms with van der Waals surface area (Å²) in [5.74, 6) is 0. The van der Waals surface area contributed by atoms with Crippen molar-refractivity contribution in [1.82, 2.24) is 0 Å². The maximum Gasteiger partial charge on any atom is 0.151 e. The molecule has 0 heterocycles. The fourth-order valence-electron chi connectivity index (χ4n) is 1.35. The Hall–Kier alpha value is -0.670. The molecule has 0 atom stereocenters. The van der Waals surface area contributed by atoms with Gasteiger partial charge in [0.1, 0.15) is 0 Å². The maximum atomic E-state index is 11.0. The molecule has 0 bridgehead atoms. The minimum absolute atomic E-state index is 0. The first-order valence-corrected chi connectivity index (χ1v) is 6.93. The van der Waals surface area contributed by atoms with Gasteiger partial charge in [-0.2, -0.15) is 0 Å². The second-order valence-corrected chi connectivity index (χ2v) is 5.84. The van der Waals surface area contributed by atoms with Gasteiger partial charge in [0.15, 0.2) is 6.29 Å². The molecule has 0 saturated heterocycles. The average molecular weight is 334 g/mol. The molecule has 0 spiro atoms. The molecular formula is C14H11Cl3OS. The third-order valence-electron chi connectivity index (χ3n) is 2.22. The first-order chi connectivity index (χ1) is 8.60. The molecule has 100 valence electrons. The fraction of sp³-hybridized carbons (Fsp3) is 0.0714. The van der Waals surface area contributed by atoms with Crippen LogP contribution in [0.4, 0.5) is 0 Å². The van der Waals surface area contributed by atoms with Gasteiger partial charge in [-0.25, -0.2) is 0 Å². The molecule has 0 amide bonds. The smallest absolute Gasteiger partial charge is 0.151 e. The number of benzene rings is 2. The molecule has 1 nitrogen and oxygen atoms in total. The predicted octanol–water partition coefficient (Wildman–Crippen LogP) is 6.25. The summed E-state index contributed by atoms with van der Waals surface area (Å²) in [7, 11) is 0. The first kappa shape index (κ1) is 16.4. The minimum atomic E-state index is 0. The second-order valence-electron chi connectivity index (χ2n) is 3.48. The standard InChI is InChI=1S/C13H7Cl3OS.CH4/c14-9-1-3-10(4-2-9)18-13-6-12(16)11(15)5-8(13)7-17;/h1-7H;1H4. The van der Waals surface area contributed by atoms with Crippen LogP contribution in [-0.4, -0.2) is 6.29 Å². The van der Waals surface area contributed by atoms with Crippen LogP contribution in [0.25, 0.3) is 0 Å². The lowest BCUT2D eigenvalue weighted by Gasteiger charge is -2.06. The van der Waals surface area contributed by atoms with Crippen LogP contribution >= 0.6 is 46.6 Å². The number of halogens is 3. The Kier molecular flexibility index (Phi) is 6.21. The van der Waals surface area contributed by atoms with E-state index in [9.17, 15) is 4.79 Å². The van der Waals surface area contributed by atoms with Crippen molar-refractivity contribution in [3.05, 3.63) is 57.0 Å². The van der Waals surface area contributed by atoms with Gasteiger partial charge >= 0.3 is 0 Å². The number of carbonyl (C=O) groups excluding carboxylic acids is 1. The first-order valence-electron chi connectivity index (χ1n) is 4.98. The van der Waals surface area contributed by atoms with Crippen LogP contribution in [0.1, 0.15) is 17.8 Å². The van der Waals surface area contributed by atoms with Crippen LogP contribution in [0.15, 0.2) is 46.2 Å². The molecule has 0 saturated carbocycles. The lowest BCUT2D eigenvalue weighted by atomic mass is 10.2. The van der Waals surface area contributed by atoms with E-state index >= 15 is 0 Å². The van der Waals surface area contributed by atoms with Crippen molar-refractivity contribution in [2.45, 2.75) is 17.2 Å². The van der Waals surface area contributed by atoms with E-state index in [4.69, 9.17) is 34.8 Å². The van der Waals surface area contributed by atoms with Gasteiger partial charge in [-0.3, -0.25) is 4.79 Å². The summed E-state index contributed by atoms with van der Waals surface area (Å²) in [6.45, 7) is 0. The zero-order valence-electron chi connectivity index (χ0n) is 8.99. The minimum Gasteiger partial charge on any atom is -0.298 e. The second kappa shape index (κ2) is 7.20. The highest BCUT2D eigenvalue weighted by atomic mass is 35.5. The molecule has 0 aliphatic rings. The topological polar surface area (TPSA) is 17.1 Å². The fourth-order valence-corrected chi connectivity index (χ4v) is 2.81.